The largest absolute Gasteiger partial charge is 0.480 e. The Bertz CT molecular complexity index is 359. The highest BCUT2D eigenvalue weighted by atomic mass is 16.4. The molecule has 3 unspecified atom stereocenters. The average molecular weight is 297 g/mol. The molecular formula is C16H31N3O2. The van der Waals surface area contributed by atoms with E-state index in [1.165, 1.54) is 6.42 Å². The smallest absolute Gasteiger partial charge is 0.323 e. The summed E-state index contributed by atoms with van der Waals surface area (Å²) in [5, 5.41) is 12.8. The molecule has 0 amide bonds. The second kappa shape index (κ2) is 7.07. The molecular weight excluding hydrogens is 266 g/mol. The number of carboxylic acid groups (broad SMARTS) is 1. The van der Waals surface area contributed by atoms with Gasteiger partial charge in [0.05, 0.1) is 0 Å². The van der Waals surface area contributed by atoms with E-state index >= 15 is 0 Å². The van der Waals surface area contributed by atoms with E-state index in [1.54, 1.807) is 0 Å². The monoisotopic (exact) mass is 297 g/mol. The highest BCUT2D eigenvalue weighted by Crippen LogP contribution is 2.35. The van der Waals surface area contributed by atoms with E-state index in [-0.39, 0.29) is 0 Å². The third kappa shape index (κ3) is 3.41. The Morgan fingerprint density at radius 1 is 1.33 bits per heavy atom. The first-order valence-corrected chi connectivity index (χ1v) is 8.52. The summed E-state index contributed by atoms with van der Waals surface area (Å²) in [5.41, 5.74) is -0.688. The maximum absolute atomic E-state index is 11.6. The number of rotatable bonds is 7. The third-order valence-corrected chi connectivity index (χ3v) is 5.45. The maximum atomic E-state index is 11.6. The van der Waals surface area contributed by atoms with E-state index in [9.17, 15) is 9.90 Å². The molecule has 0 radical (unpaired) electrons. The van der Waals surface area contributed by atoms with Crippen molar-refractivity contribution < 1.29 is 9.90 Å². The van der Waals surface area contributed by atoms with Crippen molar-refractivity contribution in [2.24, 2.45) is 0 Å². The molecule has 0 aromatic rings. The van der Waals surface area contributed by atoms with Gasteiger partial charge in [0.15, 0.2) is 0 Å². The Labute approximate surface area is 128 Å². The molecule has 5 heteroatoms. The van der Waals surface area contributed by atoms with Crippen molar-refractivity contribution >= 4 is 5.97 Å². The lowest BCUT2D eigenvalue weighted by Crippen LogP contribution is -2.51. The third-order valence-electron chi connectivity index (χ3n) is 5.45. The van der Waals surface area contributed by atoms with E-state index in [0.717, 1.165) is 52.0 Å². The van der Waals surface area contributed by atoms with Crippen molar-refractivity contribution in [3.63, 3.8) is 0 Å². The van der Waals surface area contributed by atoms with E-state index in [2.05, 4.69) is 29.0 Å². The molecule has 0 bridgehead atoms. The predicted molar refractivity (Wildman–Crippen MR) is 84.6 cm³/mol. The van der Waals surface area contributed by atoms with Gasteiger partial charge in [0.25, 0.3) is 0 Å². The Morgan fingerprint density at radius 3 is 2.62 bits per heavy atom. The van der Waals surface area contributed by atoms with Crippen LogP contribution in [0.3, 0.4) is 0 Å². The molecule has 2 rings (SSSR count). The predicted octanol–water partition coefficient (Wildman–Crippen LogP) is 1.39. The standard InChI is InChI=1S/C16H31N3O2/c1-4-17-16(15(20)21)9-7-13(11-16)19-10-8-14(12-19)18(5-2)6-3/h13-14,17H,4-12H2,1-3H3,(H,20,21). The molecule has 1 saturated carbocycles. The summed E-state index contributed by atoms with van der Waals surface area (Å²) in [5.74, 6) is -0.675. The summed E-state index contributed by atoms with van der Waals surface area (Å²) in [6, 6.07) is 1.08. The Hall–Kier alpha value is -0.650. The molecule has 0 spiro atoms. The topological polar surface area (TPSA) is 55.8 Å². The van der Waals surface area contributed by atoms with Crippen molar-refractivity contribution in [2.75, 3.05) is 32.7 Å². The number of likely N-dealkylation sites (tertiary alicyclic amines) is 1. The van der Waals surface area contributed by atoms with Crippen molar-refractivity contribution in [1.82, 2.24) is 15.1 Å². The van der Waals surface area contributed by atoms with Crippen LogP contribution in [0.5, 0.6) is 0 Å². The number of carboxylic acids is 1. The van der Waals surface area contributed by atoms with Crippen LogP contribution in [0.2, 0.25) is 0 Å². The Balaban J connectivity index is 1.94. The number of nitrogens with one attached hydrogen (secondary N) is 1. The quantitative estimate of drug-likeness (QED) is 0.744. The van der Waals surface area contributed by atoms with E-state index in [0.29, 0.717) is 12.1 Å². The van der Waals surface area contributed by atoms with Crippen LogP contribution < -0.4 is 5.32 Å². The van der Waals surface area contributed by atoms with Gasteiger partial charge >= 0.3 is 5.97 Å². The second-order valence-corrected chi connectivity index (χ2v) is 6.47. The molecule has 1 aliphatic heterocycles. The lowest BCUT2D eigenvalue weighted by atomic mass is 9.97. The van der Waals surface area contributed by atoms with E-state index < -0.39 is 11.5 Å². The summed E-state index contributed by atoms with van der Waals surface area (Å²) in [6.07, 6.45) is 3.73. The van der Waals surface area contributed by atoms with Gasteiger partial charge in [-0.2, -0.15) is 0 Å². The number of likely N-dealkylation sites (N-methyl/N-ethyl adjacent to an activating group) is 2. The van der Waals surface area contributed by atoms with Gasteiger partial charge in [-0.3, -0.25) is 14.6 Å². The van der Waals surface area contributed by atoms with Gasteiger partial charge < -0.3 is 10.4 Å². The molecule has 122 valence electrons. The number of hydrogen-bond acceptors (Lipinski definition) is 4. The molecule has 3 atom stereocenters. The van der Waals surface area contributed by atoms with Crippen LogP contribution in [-0.2, 0) is 4.79 Å². The summed E-state index contributed by atoms with van der Waals surface area (Å²) >= 11 is 0. The maximum Gasteiger partial charge on any atom is 0.323 e. The van der Waals surface area contributed by atoms with Crippen molar-refractivity contribution in [3.05, 3.63) is 0 Å². The molecule has 1 aliphatic carbocycles. The highest BCUT2D eigenvalue weighted by molar-refractivity contribution is 5.79. The van der Waals surface area contributed by atoms with Gasteiger partial charge in [0.2, 0.25) is 0 Å². The molecule has 2 aliphatic rings. The van der Waals surface area contributed by atoms with Gasteiger partial charge in [0, 0.05) is 25.2 Å². The molecule has 1 heterocycles. The SMILES string of the molecule is CCNC1(C(=O)O)CCC(N2CCC(N(CC)CC)C2)C1. The first-order valence-electron chi connectivity index (χ1n) is 8.52. The lowest BCUT2D eigenvalue weighted by molar-refractivity contribution is -0.144. The van der Waals surface area contributed by atoms with E-state index in [4.69, 9.17) is 0 Å². The van der Waals surface area contributed by atoms with Crippen LogP contribution >= 0.6 is 0 Å². The number of carbonyl (C=O) groups is 1. The highest BCUT2D eigenvalue weighted by Gasteiger charge is 2.47. The second-order valence-electron chi connectivity index (χ2n) is 6.47. The minimum atomic E-state index is -0.688. The van der Waals surface area contributed by atoms with Crippen LogP contribution in [0.1, 0.15) is 46.5 Å². The Kier molecular flexibility index (Phi) is 5.63. The summed E-state index contributed by atoms with van der Waals surface area (Å²) in [4.78, 5) is 16.7. The van der Waals surface area contributed by atoms with Crippen LogP contribution in [0.25, 0.3) is 0 Å². The van der Waals surface area contributed by atoms with Crippen molar-refractivity contribution in [3.8, 4) is 0 Å². The first-order chi connectivity index (χ1) is 10.1. The molecule has 0 aromatic heterocycles. The molecule has 21 heavy (non-hydrogen) atoms. The summed E-state index contributed by atoms with van der Waals surface area (Å²) in [7, 11) is 0. The van der Waals surface area contributed by atoms with Gasteiger partial charge in [0.1, 0.15) is 5.54 Å². The lowest BCUT2D eigenvalue weighted by Gasteiger charge is -2.30. The molecule has 2 fully saturated rings. The number of nitrogens with zero attached hydrogens (tertiary/aromatic N) is 2. The number of aliphatic carboxylic acids is 1. The zero-order valence-electron chi connectivity index (χ0n) is 13.8. The number of hydrogen-bond donors (Lipinski definition) is 2. The van der Waals surface area contributed by atoms with Gasteiger partial charge in [-0.05, 0) is 45.3 Å². The van der Waals surface area contributed by atoms with Crippen molar-refractivity contribution in [1.29, 1.82) is 0 Å². The molecule has 5 nitrogen and oxygen atoms in total. The van der Waals surface area contributed by atoms with Crippen LogP contribution in [-0.4, -0.2) is 71.2 Å². The van der Waals surface area contributed by atoms with Gasteiger partial charge in [-0.15, -0.1) is 0 Å². The zero-order chi connectivity index (χ0) is 15.5. The fraction of sp³-hybridized carbons (Fsp3) is 0.938. The van der Waals surface area contributed by atoms with Crippen LogP contribution in [0, 0.1) is 0 Å². The van der Waals surface area contributed by atoms with E-state index in [1.807, 2.05) is 6.92 Å². The molecule has 2 N–H and O–H groups in total. The van der Waals surface area contributed by atoms with Crippen LogP contribution in [0.4, 0.5) is 0 Å². The van der Waals surface area contributed by atoms with Gasteiger partial charge in [-0.25, -0.2) is 0 Å². The fourth-order valence-corrected chi connectivity index (χ4v) is 4.24. The normalized spacial score (nSPS) is 33.9. The minimum Gasteiger partial charge on any atom is -0.480 e. The fourth-order valence-electron chi connectivity index (χ4n) is 4.24. The molecule has 0 aromatic carbocycles. The summed E-state index contributed by atoms with van der Waals surface area (Å²) in [6.45, 7) is 11.6. The Morgan fingerprint density at radius 2 is 2.05 bits per heavy atom. The zero-order valence-corrected chi connectivity index (χ0v) is 13.8. The minimum absolute atomic E-state index is 0.431. The average Bonchev–Trinajstić information content (AvgIpc) is 3.08. The first kappa shape index (κ1) is 16.7. The van der Waals surface area contributed by atoms with Gasteiger partial charge in [-0.1, -0.05) is 20.8 Å². The van der Waals surface area contributed by atoms with Crippen molar-refractivity contribution in [2.45, 2.75) is 64.1 Å². The summed E-state index contributed by atoms with van der Waals surface area (Å²) < 4.78 is 0. The molecule has 1 saturated heterocycles. The van der Waals surface area contributed by atoms with Crippen LogP contribution in [0.15, 0.2) is 0 Å².